The minimum atomic E-state index is -1.10. The molecule has 0 aromatic carbocycles. The van der Waals surface area contributed by atoms with Crippen LogP contribution in [0.4, 0.5) is 5.69 Å². The first-order valence-corrected chi connectivity index (χ1v) is 5.67. The van der Waals surface area contributed by atoms with E-state index in [4.69, 9.17) is 5.11 Å². The van der Waals surface area contributed by atoms with Gasteiger partial charge >= 0.3 is 5.97 Å². The highest BCUT2D eigenvalue weighted by atomic mass is 16.4. The van der Waals surface area contributed by atoms with Crippen LogP contribution in [0.2, 0.25) is 0 Å². The Hall–Kier alpha value is -2.35. The first kappa shape index (κ1) is 12.1. The molecule has 5 heteroatoms. The quantitative estimate of drug-likeness (QED) is 0.773. The Labute approximate surface area is 104 Å². The Morgan fingerprint density at radius 3 is 2.67 bits per heavy atom. The van der Waals surface area contributed by atoms with E-state index in [1.165, 1.54) is 24.8 Å². The van der Waals surface area contributed by atoms with Crippen molar-refractivity contribution in [3.8, 4) is 11.8 Å². The van der Waals surface area contributed by atoms with Gasteiger partial charge in [-0.1, -0.05) is 12.3 Å². The summed E-state index contributed by atoms with van der Waals surface area (Å²) in [5.41, 5.74) is 0.376. The summed E-state index contributed by atoms with van der Waals surface area (Å²) >= 11 is 0. The third kappa shape index (κ3) is 3.08. The number of nitrogens with one attached hydrogen (secondary N) is 1. The lowest BCUT2D eigenvalue weighted by Gasteiger charge is -2.18. The van der Waals surface area contributed by atoms with Crippen molar-refractivity contribution in [2.24, 2.45) is 5.92 Å². The smallest absolute Gasteiger partial charge is 0.354 e. The number of hydrogen-bond donors (Lipinski definition) is 2. The van der Waals surface area contributed by atoms with Gasteiger partial charge in [-0.2, -0.15) is 0 Å². The topological polar surface area (TPSA) is 79.3 Å². The van der Waals surface area contributed by atoms with Crippen molar-refractivity contribution < 1.29 is 14.7 Å². The molecule has 5 nitrogen and oxygen atoms in total. The Morgan fingerprint density at radius 1 is 1.39 bits per heavy atom. The Kier molecular flexibility index (Phi) is 3.58. The average molecular weight is 244 g/mol. The highest BCUT2D eigenvalue weighted by Crippen LogP contribution is 2.24. The summed E-state index contributed by atoms with van der Waals surface area (Å²) < 4.78 is 0. The number of amides is 1. The number of hydrogen-bond acceptors (Lipinski definition) is 3. The van der Waals surface area contributed by atoms with Crippen molar-refractivity contribution in [1.82, 2.24) is 4.98 Å². The van der Waals surface area contributed by atoms with Gasteiger partial charge in [0.05, 0.1) is 11.9 Å². The molecule has 0 radical (unpaired) electrons. The van der Waals surface area contributed by atoms with Crippen LogP contribution in [0.1, 0.15) is 29.8 Å². The van der Waals surface area contributed by atoms with Gasteiger partial charge in [0, 0.05) is 5.92 Å². The second kappa shape index (κ2) is 5.32. The summed E-state index contributed by atoms with van der Waals surface area (Å²) in [6, 6.07) is 2.82. The molecule has 1 amide bonds. The van der Waals surface area contributed by atoms with E-state index < -0.39 is 11.9 Å². The van der Waals surface area contributed by atoms with Crippen molar-refractivity contribution in [3.63, 3.8) is 0 Å². The van der Waals surface area contributed by atoms with Crippen LogP contribution in [0, 0.1) is 17.8 Å². The highest BCUT2D eigenvalue weighted by molar-refractivity contribution is 6.04. The molecule has 0 bridgehead atoms. The maximum absolute atomic E-state index is 11.4. The zero-order valence-electron chi connectivity index (χ0n) is 9.64. The molecule has 1 aromatic rings. The number of anilines is 1. The molecular weight excluding hydrogens is 232 g/mol. The summed E-state index contributed by atoms with van der Waals surface area (Å²) in [5, 5.41) is 11.2. The largest absolute Gasteiger partial charge is 0.477 e. The van der Waals surface area contributed by atoms with Crippen LogP contribution in [0.15, 0.2) is 18.3 Å². The molecule has 92 valence electrons. The van der Waals surface area contributed by atoms with Crippen LogP contribution in [0.5, 0.6) is 0 Å². The fourth-order valence-corrected chi connectivity index (χ4v) is 1.48. The molecule has 18 heavy (non-hydrogen) atoms. The van der Waals surface area contributed by atoms with Crippen LogP contribution >= 0.6 is 0 Å². The van der Waals surface area contributed by atoms with E-state index in [2.05, 4.69) is 22.1 Å². The van der Waals surface area contributed by atoms with Gasteiger partial charge in [0.2, 0.25) is 0 Å². The van der Waals surface area contributed by atoms with Gasteiger partial charge in [-0.25, -0.2) is 9.78 Å². The van der Waals surface area contributed by atoms with E-state index in [0.29, 0.717) is 11.6 Å². The van der Waals surface area contributed by atoms with Crippen LogP contribution in [0.3, 0.4) is 0 Å². The fourth-order valence-electron chi connectivity index (χ4n) is 1.48. The Morgan fingerprint density at radius 2 is 2.17 bits per heavy atom. The molecule has 1 heterocycles. The lowest BCUT2D eigenvalue weighted by atomic mass is 9.86. The molecule has 0 saturated heterocycles. The predicted octanol–water partition coefficient (Wildman–Crippen LogP) is 1.52. The van der Waals surface area contributed by atoms with E-state index in [1.807, 2.05) is 0 Å². The van der Waals surface area contributed by atoms with Crippen molar-refractivity contribution in [3.05, 3.63) is 24.0 Å². The van der Waals surface area contributed by atoms with Crippen LogP contribution in [0.25, 0.3) is 0 Å². The molecule has 1 fully saturated rings. The number of carbonyl (C=O) groups is 2. The summed E-state index contributed by atoms with van der Waals surface area (Å²) in [6.07, 6.45) is 4.61. The lowest BCUT2D eigenvalue weighted by Crippen LogP contribution is -2.12. The van der Waals surface area contributed by atoms with Gasteiger partial charge in [0.25, 0.3) is 5.91 Å². The summed E-state index contributed by atoms with van der Waals surface area (Å²) in [5.74, 6) is 4.27. The van der Waals surface area contributed by atoms with E-state index in [9.17, 15) is 9.59 Å². The minimum Gasteiger partial charge on any atom is -0.477 e. The average Bonchev–Trinajstić information content (AvgIpc) is 2.27. The highest BCUT2D eigenvalue weighted by Gasteiger charge is 2.14. The van der Waals surface area contributed by atoms with Crippen LogP contribution < -0.4 is 5.32 Å². The van der Waals surface area contributed by atoms with Crippen LogP contribution in [-0.4, -0.2) is 22.0 Å². The van der Waals surface area contributed by atoms with Crippen LogP contribution in [-0.2, 0) is 4.79 Å². The monoisotopic (exact) mass is 244 g/mol. The molecular formula is C13H12N2O3. The maximum atomic E-state index is 11.4. The van der Waals surface area contributed by atoms with Gasteiger partial charge in [0.1, 0.15) is 5.69 Å². The van der Waals surface area contributed by atoms with E-state index in [0.717, 1.165) is 12.8 Å². The second-order valence-electron chi connectivity index (χ2n) is 4.09. The predicted molar refractivity (Wildman–Crippen MR) is 64.9 cm³/mol. The van der Waals surface area contributed by atoms with Gasteiger partial charge in [0.15, 0.2) is 0 Å². The maximum Gasteiger partial charge on any atom is 0.354 e. The summed E-state index contributed by atoms with van der Waals surface area (Å²) in [6.45, 7) is 0. The molecule has 1 saturated carbocycles. The number of aromatic nitrogens is 1. The number of pyridine rings is 1. The van der Waals surface area contributed by atoms with Gasteiger partial charge in [-0.3, -0.25) is 4.79 Å². The summed E-state index contributed by atoms with van der Waals surface area (Å²) in [4.78, 5) is 25.7. The Balaban J connectivity index is 1.93. The van der Waals surface area contributed by atoms with E-state index in [-0.39, 0.29) is 5.69 Å². The third-order valence-electron chi connectivity index (χ3n) is 2.74. The molecule has 1 aliphatic carbocycles. The third-order valence-corrected chi connectivity index (χ3v) is 2.74. The number of carbonyl (C=O) groups excluding carboxylic acids is 1. The van der Waals surface area contributed by atoms with Crippen molar-refractivity contribution in [2.75, 3.05) is 5.32 Å². The molecule has 0 unspecified atom stereocenters. The van der Waals surface area contributed by atoms with E-state index in [1.54, 1.807) is 0 Å². The Bertz CT molecular complexity index is 521. The number of aromatic carboxylic acids is 1. The molecule has 1 aromatic heterocycles. The SMILES string of the molecule is O=C(C#CC1CCC1)Nc1ccc(C(=O)O)nc1. The minimum absolute atomic E-state index is 0.0615. The van der Waals surface area contributed by atoms with E-state index >= 15 is 0 Å². The van der Waals surface area contributed by atoms with Gasteiger partial charge < -0.3 is 10.4 Å². The number of carboxylic acid groups (broad SMARTS) is 1. The number of rotatable bonds is 2. The van der Waals surface area contributed by atoms with Crippen molar-refractivity contribution in [1.29, 1.82) is 0 Å². The van der Waals surface area contributed by atoms with Gasteiger partial charge in [-0.05, 0) is 30.9 Å². The standard InChI is InChI=1S/C13H12N2O3/c16-12(7-4-9-2-1-3-9)15-10-5-6-11(13(17)18)14-8-10/h5-6,8-9H,1-3H2,(H,15,16)(H,17,18). The number of nitrogens with zero attached hydrogens (tertiary/aromatic N) is 1. The summed E-state index contributed by atoms with van der Waals surface area (Å²) in [7, 11) is 0. The first-order valence-electron chi connectivity index (χ1n) is 5.67. The zero-order valence-corrected chi connectivity index (χ0v) is 9.64. The number of carboxylic acids is 1. The van der Waals surface area contributed by atoms with Crippen molar-refractivity contribution >= 4 is 17.6 Å². The molecule has 1 aliphatic rings. The first-order chi connectivity index (χ1) is 8.65. The fraction of sp³-hybridized carbons (Fsp3) is 0.308. The molecule has 0 aliphatic heterocycles. The molecule has 0 atom stereocenters. The molecule has 2 N–H and O–H groups in total. The van der Waals surface area contributed by atoms with Gasteiger partial charge in [-0.15, -0.1) is 0 Å². The molecule has 0 spiro atoms. The normalized spacial score (nSPS) is 14.0. The lowest BCUT2D eigenvalue weighted by molar-refractivity contribution is -0.111. The zero-order chi connectivity index (χ0) is 13.0. The molecule has 2 rings (SSSR count). The van der Waals surface area contributed by atoms with Crippen molar-refractivity contribution in [2.45, 2.75) is 19.3 Å². The second-order valence-corrected chi connectivity index (χ2v) is 4.09.